The summed E-state index contributed by atoms with van der Waals surface area (Å²) in [6.45, 7) is 16.0. The zero-order valence-corrected chi connectivity index (χ0v) is 33.1. The monoisotopic (exact) mass is 750 g/mol. The lowest BCUT2D eigenvalue weighted by atomic mass is 9.43. The molecule has 6 fully saturated rings. The summed E-state index contributed by atoms with van der Waals surface area (Å²) in [6.07, 6.45) is 3.08. The quantitative estimate of drug-likeness (QED) is 0.317. The predicted molar refractivity (Wildman–Crippen MR) is 200 cm³/mol. The minimum absolute atomic E-state index is 0.00413. The second-order valence-corrected chi connectivity index (χ2v) is 18.3. The van der Waals surface area contributed by atoms with Gasteiger partial charge in [0.25, 0.3) is 0 Å². The van der Waals surface area contributed by atoms with Crippen molar-refractivity contribution in [1.82, 2.24) is 20.4 Å². The van der Waals surface area contributed by atoms with Crippen molar-refractivity contribution in [3.63, 3.8) is 0 Å². The maximum Gasteiger partial charge on any atom is 0.481 e. The van der Waals surface area contributed by atoms with Gasteiger partial charge in [0.1, 0.15) is 24.8 Å². The molecular weight excluding hydrogens is 691 g/mol. The molecule has 54 heavy (non-hydrogen) atoms. The van der Waals surface area contributed by atoms with Gasteiger partial charge >= 0.3 is 19.3 Å². The highest BCUT2D eigenvalue weighted by Gasteiger charge is 2.68. The lowest BCUT2D eigenvalue weighted by Crippen LogP contribution is -2.65. The first-order valence-corrected chi connectivity index (χ1v) is 20.1. The lowest BCUT2D eigenvalue weighted by Gasteiger charge is -2.64. The molecule has 0 aromatic heterocycles. The van der Waals surface area contributed by atoms with E-state index in [1.54, 1.807) is 4.90 Å². The van der Waals surface area contributed by atoms with E-state index in [4.69, 9.17) is 23.5 Å². The van der Waals surface area contributed by atoms with Gasteiger partial charge in [-0.1, -0.05) is 72.2 Å². The van der Waals surface area contributed by atoms with Crippen LogP contribution in [0.2, 0.25) is 0 Å². The Balaban J connectivity index is 1.07. The molecule has 1 aromatic carbocycles. The Hall–Kier alpha value is -3.36. The third-order valence-corrected chi connectivity index (χ3v) is 13.2. The molecule has 4 aliphatic heterocycles. The number of rotatable bonds is 10. The number of fused-ring (bicyclic) bond motifs is 1. The molecule has 0 radical (unpaired) electrons. The first-order chi connectivity index (χ1) is 25.6. The van der Waals surface area contributed by atoms with Gasteiger partial charge in [0.05, 0.1) is 30.3 Å². The molecule has 4 heterocycles. The summed E-state index contributed by atoms with van der Waals surface area (Å²) in [5, 5.41) is 6.00. The van der Waals surface area contributed by atoms with Crippen molar-refractivity contribution in [2.24, 2.45) is 22.7 Å². The van der Waals surface area contributed by atoms with Crippen LogP contribution in [0.15, 0.2) is 24.3 Å². The topological polar surface area (TPSA) is 145 Å². The van der Waals surface area contributed by atoms with E-state index < -0.39 is 60.4 Å². The van der Waals surface area contributed by atoms with Crippen LogP contribution in [-0.2, 0) is 46.2 Å². The molecule has 14 heteroatoms. The number of likely N-dealkylation sites (tertiary alicyclic amines) is 1. The summed E-state index contributed by atoms with van der Waals surface area (Å²) in [4.78, 5) is 58.7. The molecule has 4 amide bonds. The fourth-order valence-electron chi connectivity index (χ4n) is 9.91. The number of hydrogen-bond donors (Lipinski definition) is 2. The Kier molecular flexibility index (Phi) is 10.8. The number of nitrogens with zero attached hydrogens (tertiary/aromatic N) is 2. The number of nitrogens with one attached hydrogen (secondary N) is 2. The maximum atomic E-state index is 14.6. The number of benzene rings is 1. The number of hydrogen-bond acceptors (Lipinski definition) is 9. The standard InChI is InChI=1S/C40H59BN4O9/c1-8-12-32(41-53-31-18-26-17-30(39(26,5)6)40(31,7)54-41)42-34(46)29-19-28(52-37(49)44-20-24-13-9-10-14-25(24)21-44)22-45(29)35(47)33(38(2,3)4)43-36(48)51-23-27-15-11-16-50-27/h9-10,13-14,26-33H,8,11-12,15-23H2,1-7H3,(H,42,46)(H,43,48)/t26-,27+,28-,29+,30-,31-,32+,33-,40+/m1/s1. The van der Waals surface area contributed by atoms with E-state index in [1.165, 1.54) is 4.90 Å². The zero-order valence-electron chi connectivity index (χ0n) is 33.1. The van der Waals surface area contributed by atoms with Crippen LogP contribution in [0.25, 0.3) is 0 Å². The summed E-state index contributed by atoms with van der Waals surface area (Å²) in [5.74, 6) is -0.314. The van der Waals surface area contributed by atoms with Crippen molar-refractivity contribution in [3.05, 3.63) is 35.4 Å². The van der Waals surface area contributed by atoms with Gasteiger partial charge in [0.15, 0.2) is 0 Å². The molecule has 1 aromatic rings. The molecule has 3 saturated heterocycles. The normalized spacial score (nSPS) is 31.9. The largest absolute Gasteiger partial charge is 0.481 e. The fourth-order valence-corrected chi connectivity index (χ4v) is 9.91. The van der Waals surface area contributed by atoms with Crippen LogP contribution < -0.4 is 10.6 Å². The molecule has 3 aliphatic carbocycles. The Morgan fingerprint density at radius 1 is 1.04 bits per heavy atom. The van der Waals surface area contributed by atoms with Gasteiger partial charge in [-0.05, 0) is 72.8 Å². The van der Waals surface area contributed by atoms with Gasteiger partial charge in [0.2, 0.25) is 11.8 Å². The molecule has 296 valence electrons. The van der Waals surface area contributed by atoms with Gasteiger partial charge in [-0.2, -0.15) is 0 Å². The van der Waals surface area contributed by atoms with E-state index in [2.05, 4.69) is 38.3 Å². The smallest absolute Gasteiger partial charge is 0.447 e. The minimum atomic E-state index is -1.03. The van der Waals surface area contributed by atoms with Crippen molar-refractivity contribution in [3.8, 4) is 0 Å². The molecule has 0 unspecified atom stereocenters. The maximum absolute atomic E-state index is 14.6. The predicted octanol–water partition coefficient (Wildman–Crippen LogP) is 4.98. The molecule has 9 atom stereocenters. The number of ether oxygens (including phenoxy) is 3. The molecule has 2 N–H and O–H groups in total. The number of carbonyl (C=O) groups is 4. The summed E-state index contributed by atoms with van der Waals surface area (Å²) in [6, 6.07) is 5.88. The van der Waals surface area contributed by atoms with Gasteiger partial charge in [-0.15, -0.1) is 0 Å². The second kappa shape index (κ2) is 15.0. The Labute approximate surface area is 320 Å². The van der Waals surface area contributed by atoms with Gasteiger partial charge in [-0.25, -0.2) is 9.59 Å². The van der Waals surface area contributed by atoms with Crippen LogP contribution in [-0.4, -0.2) is 103 Å². The van der Waals surface area contributed by atoms with E-state index in [1.807, 2.05) is 45.0 Å². The average Bonchev–Trinajstić information content (AvgIpc) is 3.93. The Morgan fingerprint density at radius 2 is 1.76 bits per heavy atom. The third kappa shape index (κ3) is 7.46. The van der Waals surface area contributed by atoms with Crippen LogP contribution in [0.4, 0.5) is 9.59 Å². The van der Waals surface area contributed by atoms with Crippen LogP contribution in [0, 0.1) is 22.7 Å². The lowest BCUT2D eigenvalue weighted by molar-refractivity contribution is -0.199. The minimum Gasteiger partial charge on any atom is -0.447 e. The van der Waals surface area contributed by atoms with Crippen LogP contribution in [0.1, 0.15) is 105 Å². The summed E-state index contributed by atoms with van der Waals surface area (Å²) in [7, 11) is -0.627. The van der Waals surface area contributed by atoms with Crippen molar-refractivity contribution in [2.45, 2.75) is 148 Å². The third-order valence-electron chi connectivity index (χ3n) is 13.2. The Bertz CT molecular complexity index is 1570. The molecule has 0 spiro atoms. The van der Waals surface area contributed by atoms with Crippen molar-refractivity contribution < 1.29 is 42.7 Å². The van der Waals surface area contributed by atoms with Crippen molar-refractivity contribution in [1.29, 1.82) is 0 Å². The molecule has 13 nitrogen and oxygen atoms in total. The van der Waals surface area contributed by atoms with Crippen molar-refractivity contribution in [2.75, 3.05) is 19.8 Å². The van der Waals surface area contributed by atoms with Crippen LogP contribution in [0.5, 0.6) is 0 Å². The van der Waals surface area contributed by atoms with Crippen molar-refractivity contribution >= 4 is 31.1 Å². The summed E-state index contributed by atoms with van der Waals surface area (Å²) < 4.78 is 30.5. The number of amides is 4. The highest BCUT2D eigenvalue weighted by molar-refractivity contribution is 6.48. The highest BCUT2D eigenvalue weighted by Crippen LogP contribution is 2.65. The van der Waals surface area contributed by atoms with Gasteiger partial charge in [-0.3, -0.25) is 14.5 Å². The van der Waals surface area contributed by atoms with E-state index in [-0.39, 0.29) is 43.1 Å². The molecular formula is C40H59BN4O9. The fraction of sp³-hybridized carbons (Fsp3) is 0.750. The first kappa shape index (κ1) is 38.9. The first-order valence-electron chi connectivity index (χ1n) is 20.1. The highest BCUT2D eigenvalue weighted by atomic mass is 16.7. The molecule has 8 rings (SSSR count). The van der Waals surface area contributed by atoms with E-state index >= 15 is 0 Å². The van der Waals surface area contributed by atoms with Gasteiger partial charge < -0.3 is 39.1 Å². The molecule has 7 aliphatic rings. The molecule has 2 bridgehead atoms. The second-order valence-electron chi connectivity index (χ2n) is 18.3. The zero-order chi connectivity index (χ0) is 38.6. The summed E-state index contributed by atoms with van der Waals surface area (Å²) >= 11 is 0. The number of alkyl carbamates (subject to hydrolysis) is 1. The van der Waals surface area contributed by atoms with Crippen LogP contribution >= 0.6 is 0 Å². The average molecular weight is 751 g/mol. The van der Waals surface area contributed by atoms with E-state index in [0.717, 1.165) is 43.2 Å². The SMILES string of the molecule is CCC[C@H](NC(=O)[C@@H]1C[C@@H](OC(=O)N2Cc3ccccc3C2)CN1C(=O)[C@@H](NC(=O)OC[C@@H]1CCCO1)C(C)(C)C)B1O[C@@H]2C[C@H]3C[C@H](C3(C)C)[C@]2(C)O1. The van der Waals surface area contributed by atoms with E-state index in [0.29, 0.717) is 38.0 Å². The molecule has 3 saturated carbocycles. The van der Waals surface area contributed by atoms with Crippen LogP contribution in [0.3, 0.4) is 0 Å². The summed E-state index contributed by atoms with van der Waals surface area (Å²) in [5.41, 5.74) is 1.12. The van der Waals surface area contributed by atoms with Gasteiger partial charge in [0, 0.05) is 26.1 Å². The van der Waals surface area contributed by atoms with E-state index in [9.17, 15) is 19.2 Å². The Morgan fingerprint density at radius 3 is 2.39 bits per heavy atom. The number of carbonyl (C=O) groups excluding carboxylic acids is 4.